The zero-order valence-electron chi connectivity index (χ0n) is 16.7. The van der Waals surface area contributed by atoms with E-state index in [0.717, 1.165) is 36.8 Å². The van der Waals surface area contributed by atoms with E-state index in [9.17, 15) is 4.79 Å². The Balaban J connectivity index is 1.31. The number of carbonyl (C=O) groups is 1. The topological polar surface area (TPSA) is 79.8 Å². The molecule has 2 aliphatic rings. The summed E-state index contributed by atoms with van der Waals surface area (Å²) in [6.45, 7) is 3.24. The molecule has 0 bridgehead atoms. The first-order valence-corrected chi connectivity index (χ1v) is 10.1. The number of amides is 2. The molecular weight excluding hydrogens is 370 g/mol. The van der Waals surface area contributed by atoms with Crippen LogP contribution in [0.3, 0.4) is 0 Å². The number of ether oxygens (including phenoxy) is 2. The second-order valence-electron chi connectivity index (χ2n) is 7.40. The fraction of sp³-hybridized carbons (Fsp3) is 0.476. The van der Waals surface area contributed by atoms with Crippen LogP contribution in [0.1, 0.15) is 25.7 Å². The molecule has 2 saturated heterocycles. The molecule has 1 aromatic heterocycles. The third-order valence-electron chi connectivity index (χ3n) is 5.37. The molecule has 2 amide bonds. The van der Waals surface area contributed by atoms with Gasteiger partial charge in [0.1, 0.15) is 24.0 Å². The monoisotopic (exact) mass is 397 g/mol. The Morgan fingerprint density at radius 2 is 1.90 bits per heavy atom. The third kappa shape index (κ3) is 4.88. The molecular formula is C21H27N5O3. The zero-order chi connectivity index (χ0) is 20.1. The zero-order valence-corrected chi connectivity index (χ0v) is 16.7. The average Bonchev–Trinajstić information content (AvgIpc) is 3.24. The second-order valence-corrected chi connectivity index (χ2v) is 7.40. The molecule has 1 unspecified atom stereocenters. The number of benzene rings is 1. The molecule has 4 rings (SSSR count). The predicted molar refractivity (Wildman–Crippen MR) is 111 cm³/mol. The summed E-state index contributed by atoms with van der Waals surface area (Å²) in [6, 6.07) is 9.07. The van der Waals surface area contributed by atoms with Gasteiger partial charge in [-0.25, -0.2) is 14.8 Å². The fourth-order valence-electron chi connectivity index (χ4n) is 3.75. The van der Waals surface area contributed by atoms with Crippen LogP contribution in [0.5, 0.6) is 11.6 Å². The number of urea groups is 1. The van der Waals surface area contributed by atoms with Crippen LogP contribution in [-0.4, -0.2) is 60.3 Å². The molecule has 29 heavy (non-hydrogen) atoms. The number of piperidine rings is 1. The highest BCUT2D eigenvalue weighted by Gasteiger charge is 2.28. The molecule has 1 atom stereocenters. The molecule has 2 aliphatic heterocycles. The van der Waals surface area contributed by atoms with E-state index >= 15 is 0 Å². The van der Waals surface area contributed by atoms with Gasteiger partial charge in [-0.1, -0.05) is 0 Å². The minimum atomic E-state index is -0.127. The summed E-state index contributed by atoms with van der Waals surface area (Å²) in [5, 5.41) is 2.92. The highest BCUT2D eigenvalue weighted by Crippen LogP contribution is 2.23. The largest absolute Gasteiger partial charge is 0.497 e. The van der Waals surface area contributed by atoms with Gasteiger partial charge in [0.05, 0.1) is 13.7 Å². The molecule has 3 heterocycles. The Morgan fingerprint density at radius 1 is 1.10 bits per heavy atom. The fourth-order valence-corrected chi connectivity index (χ4v) is 3.75. The standard InChI is InChI=1S/C21H27N5O3/c1-28-17-7-5-16(6-8-17)24-21(27)26-12-9-18(14-26)29-20-13-19(22-15-23-20)25-10-3-2-4-11-25/h5-8,13,15,18H,2-4,9-12,14H2,1H3,(H,24,27). The summed E-state index contributed by atoms with van der Waals surface area (Å²) in [6.07, 6.45) is 5.94. The molecule has 154 valence electrons. The number of anilines is 2. The lowest BCUT2D eigenvalue weighted by Crippen LogP contribution is -2.34. The molecule has 2 aromatic rings. The van der Waals surface area contributed by atoms with Crippen LogP contribution in [0.4, 0.5) is 16.3 Å². The third-order valence-corrected chi connectivity index (χ3v) is 5.37. The summed E-state index contributed by atoms with van der Waals surface area (Å²) >= 11 is 0. The summed E-state index contributed by atoms with van der Waals surface area (Å²) in [4.78, 5) is 25.2. The molecule has 8 nitrogen and oxygen atoms in total. The van der Waals surface area contributed by atoms with Crippen molar-refractivity contribution in [2.24, 2.45) is 0 Å². The summed E-state index contributed by atoms with van der Waals surface area (Å²) < 4.78 is 11.2. The van der Waals surface area contributed by atoms with Crippen LogP contribution >= 0.6 is 0 Å². The second kappa shape index (κ2) is 8.98. The van der Waals surface area contributed by atoms with Crippen molar-refractivity contribution in [2.45, 2.75) is 31.8 Å². The van der Waals surface area contributed by atoms with Crippen LogP contribution < -0.4 is 19.7 Å². The van der Waals surface area contributed by atoms with Gasteiger partial charge in [0.15, 0.2) is 0 Å². The molecule has 0 radical (unpaired) electrons. The van der Waals surface area contributed by atoms with E-state index in [1.165, 1.54) is 19.3 Å². The van der Waals surface area contributed by atoms with Crippen molar-refractivity contribution in [1.82, 2.24) is 14.9 Å². The number of rotatable bonds is 5. The van der Waals surface area contributed by atoms with E-state index in [2.05, 4.69) is 20.2 Å². The van der Waals surface area contributed by atoms with Crippen molar-refractivity contribution in [3.8, 4) is 11.6 Å². The molecule has 1 N–H and O–H groups in total. The summed E-state index contributed by atoms with van der Waals surface area (Å²) in [7, 11) is 1.62. The lowest BCUT2D eigenvalue weighted by Gasteiger charge is -2.27. The van der Waals surface area contributed by atoms with E-state index < -0.39 is 0 Å². The number of carbonyl (C=O) groups excluding carboxylic acids is 1. The number of nitrogens with one attached hydrogen (secondary N) is 1. The van der Waals surface area contributed by atoms with E-state index in [4.69, 9.17) is 9.47 Å². The molecule has 2 fully saturated rings. The van der Waals surface area contributed by atoms with Crippen LogP contribution in [-0.2, 0) is 0 Å². The molecule has 1 aromatic carbocycles. The van der Waals surface area contributed by atoms with Gasteiger partial charge in [0, 0.05) is 37.8 Å². The Labute approximate surface area is 170 Å². The smallest absolute Gasteiger partial charge is 0.321 e. The van der Waals surface area contributed by atoms with E-state index in [1.807, 2.05) is 30.3 Å². The van der Waals surface area contributed by atoms with E-state index in [0.29, 0.717) is 19.0 Å². The molecule has 0 spiro atoms. The van der Waals surface area contributed by atoms with Crippen LogP contribution in [0.15, 0.2) is 36.7 Å². The highest BCUT2D eigenvalue weighted by molar-refractivity contribution is 5.89. The van der Waals surface area contributed by atoms with Crippen molar-refractivity contribution in [3.05, 3.63) is 36.7 Å². The van der Waals surface area contributed by atoms with Crippen LogP contribution in [0, 0.1) is 0 Å². The maximum atomic E-state index is 12.5. The van der Waals surface area contributed by atoms with E-state index in [-0.39, 0.29) is 12.1 Å². The SMILES string of the molecule is COc1ccc(NC(=O)N2CCC(Oc3cc(N4CCCCC4)ncn3)C2)cc1. The first-order valence-electron chi connectivity index (χ1n) is 10.1. The average molecular weight is 397 g/mol. The number of hydrogen-bond acceptors (Lipinski definition) is 6. The van der Waals surface area contributed by atoms with Gasteiger partial charge in [-0.3, -0.25) is 0 Å². The lowest BCUT2D eigenvalue weighted by atomic mass is 10.1. The summed E-state index contributed by atoms with van der Waals surface area (Å²) in [5.74, 6) is 2.25. The van der Waals surface area contributed by atoms with Crippen molar-refractivity contribution < 1.29 is 14.3 Å². The van der Waals surface area contributed by atoms with Crippen LogP contribution in [0.2, 0.25) is 0 Å². The quantitative estimate of drug-likeness (QED) is 0.835. The van der Waals surface area contributed by atoms with E-state index in [1.54, 1.807) is 18.3 Å². The van der Waals surface area contributed by atoms with Crippen molar-refractivity contribution in [1.29, 1.82) is 0 Å². The normalized spacial score (nSPS) is 19.1. The highest BCUT2D eigenvalue weighted by atomic mass is 16.5. The van der Waals surface area contributed by atoms with Gasteiger partial charge >= 0.3 is 6.03 Å². The van der Waals surface area contributed by atoms with Gasteiger partial charge in [0.2, 0.25) is 5.88 Å². The summed E-state index contributed by atoms with van der Waals surface area (Å²) in [5.41, 5.74) is 0.738. The number of aromatic nitrogens is 2. The maximum Gasteiger partial charge on any atom is 0.321 e. The Morgan fingerprint density at radius 3 is 2.66 bits per heavy atom. The van der Waals surface area contributed by atoms with Gasteiger partial charge in [0.25, 0.3) is 0 Å². The number of likely N-dealkylation sites (tertiary alicyclic amines) is 1. The number of methoxy groups -OCH3 is 1. The minimum Gasteiger partial charge on any atom is -0.497 e. The van der Waals surface area contributed by atoms with Gasteiger partial charge in [-0.15, -0.1) is 0 Å². The van der Waals surface area contributed by atoms with Crippen molar-refractivity contribution >= 4 is 17.5 Å². The number of nitrogens with zero attached hydrogens (tertiary/aromatic N) is 4. The van der Waals surface area contributed by atoms with Gasteiger partial charge in [-0.2, -0.15) is 0 Å². The van der Waals surface area contributed by atoms with Gasteiger partial charge < -0.3 is 24.6 Å². The predicted octanol–water partition coefficient (Wildman–Crippen LogP) is 3.16. The van der Waals surface area contributed by atoms with Crippen molar-refractivity contribution in [3.63, 3.8) is 0 Å². The van der Waals surface area contributed by atoms with Gasteiger partial charge in [-0.05, 0) is 43.5 Å². The number of hydrogen-bond donors (Lipinski definition) is 1. The Kier molecular flexibility index (Phi) is 5.97. The Hall–Kier alpha value is -3.03. The lowest BCUT2D eigenvalue weighted by molar-refractivity contribution is 0.189. The minimum absolute atomic E-state index is 0.0688. The Bertz CT molecular complexity index is 823. The molecule has 0 aliphatic carbocycles. The van der Waals surface area contributed by atoms with Crippen LogP contribution in [0.25, 0.3) is 0 Å². The first-order chi connectivity index (χ1) is 14.2. The first kappa shape index (κ1) is 19.3. The molecule has 8 heteroatoms. The maximum absolute atomic E-state index is 12.5. The van der Waals surface area contributed by atoms with Crippen molar-refractivity contribution in [2.75, 3.05) is 43.5 Å². The molecule has 0 saturated carbocycles.